The van der Waals surface area contributed by atoms with E-state index in [2.05, 4.69) is 15.6 Å². The van der Waals surface area contributed by atoms with Gasteiger partial charge in [0.05, 0.1) is 19.9 Å². The van der Waals surface area contributed by atoms with E-state index in [1.54, 1.807) is 25.5 Å². The fourth-order valence-corrected chi connectivity index (χ4v) is 2.81. The predicted octanol–water partition coefficient (Wildman–Crippen LogP) is 3.95. The minimum atomic E-state index is -0.219. The molecule has 0 radical (unpaired) electrons. The molecule has 0 fully saturated rings. The number of guanidine groups is 1. The molecule has 0 bridgehead atoms. The lowest BCUT2D eigenvalue weighted by Crippen LogP contribution is -2.39. The maximum Gasteiger partial charge on any atom is 0.191 e. The van der Waals surface area contributed by atoms with E-state index in [-0.39, 0.29) is 5.82 Å². The summed E-state index contributed by atoms with van der Waals surface area (Å²) in [5.41, 5.74) is 2.17. The van der Waals surface area contributed by atoms with Crippen LogP contribution in [0.15, 0.2) is 76.3 Å². The largest absolute Gasteiger partial charge is 0.497 e. The molecule has 2 aromatic carbocycles. The SMILES string of the molecule is COc1ccc(CN=C(NCCc2ccc(F)cc2)NCCc2ccco2)cc1. The summed E-state index contributed by atoms with van der Waals surface area (Å²) in [5.74, 6) is 2.27. The summed E-state index contributed by atoms with van der Waals surface area (Å²) < 4.78 is 23.6. The van der Waals surface area contributed by atoms with Crippen molar-refractivity contribution in [2.45, 2.75) is 19.4 Å². The summed E-state index contributed by atoms with van der Waals surface area (Å²) in [6.07, 6.45) is 3.23. The topological polar surface area (TPSA) is 58.8 Å². The Hall–Kier alpha value is -3.28. The van der Waals surface area contributed by atoms with Gasteiger partial charge in [-0.05, 0) is 53.9 Å². The first-order chi connectivity index (χ1) is 14.2. The first kappa shape index (κ1) is 20.5. The third-order valence-corrected chi connectivity index (χ3v) is 4.44. The van der Waals surface area contributed by atoms with Crippen LogP contribution >= 0.6 is 0 Å². The number of ether oxygens (including phenoxy) is 1. The first-order valence-electron chi connectivity index (χ1n) is 9.65. The van der Waals surface area contributed by atoms with Crippen LogP contribution in [-0.4, -0.2) is 26.2 Å². The van der Waals surface area contributed by atoms with Crippen LogP contribution in [0, 0.1) is 5.82 Å². The Labute approximate surface area is 170 Å². The zero-order chi connectivity index (χ0) is 20.3. The highest BCUT2D eigenvalue weighted by atomic mass is 19.1. The van der Waals surface area contributed by atoms with Crippen LogP contribution in [0.3, 0.4) is 0 Å². The molecular formula is C23H26FN3O2. The van der Waals surface area contributed by atoms with E-state index in [1.807, 2.05) is 36.4 Å². The maximum atomic E-state index is 13.0. The van der Waals surface area contributed by atoms with Gasteiger partial charge in [0.25, 0.3) is 0 Å². The van der Waals surface area contributed by atoms with Crippen LogP contribution in [0.25, 0.3) is 0 Å². The zero-order valence-electron chi connectivity index (χ0n) is 16.5. The molecule has 2 N–H and O–H groups in total. The van der Waals surface area contributed by atoms with Crippen molar-refractivity contribution in [3.05, 3.63) is 89.6 Å². The Morgan fingerprint density at radius 2 is 1.62 bits per heavy atom. The summed E-state index contributed by atoms with van der Waals surface area (Å²) in [4.78, 5) is 4.68. The molecule has 0 aliphatic rings. The highest BCUT2D eigenvalue weighted by Crippen LogP contribution is 2.12. The van der Waals surface area contributed by atoms with E-state index in [4.69, 9.17) is 9.15 Å². The van der Waals surface area contributed by atoms with Crippen molar-refractivity contribution >= 4 is 5.96 Å². The van der Waals surface area contributed by atoms with E-state index < -0.39 is 0 Å². The molecule has 0 saturated heterocycles. The number of furan rings is 1. The van der Waals surface area contributed by atoms with Gasteiger partial charge < -0.3 is 19.8 Å². The second kappa shape index (κ2) is 10.9. The van der Waals surface area contributed by atoms with Gasteiger partial charge in [-0.15, -0.1) is 0 Å². The van der Waals surface area contributed by atoms with Gasteiger partial charge in [0.15, 0.2) is 5.96 Å². The summed E-state index contributed by atoms with van der Waals surface area (Å²) in [6.45, 7) is 1.95. The summed E-state index contributed by atoms with van der Waals surface area (Å²) in [7, 11) is 1.65. The molecule has 0 atom stereocenters. The maximum absolute atomic E-state index is 13.0. The highest BCUT2D eigenvalue weighted by molar-refractivity contribution is 5.79. The zero-order valence-corrected chi connectivity index (χ0v) is 16.5. The molecule has 3 aromatic rings. The van der Waals surface area contributed by atoms with Crippen LogP contribution < -0.4 is 15.4 Å². The molecule has 1 aromatic heterocycles. The number of nitrogens with one attached hydrogen (secondary N) is 2. The van der Waals surface area contributed by atoms with Gasteiger partial charge in [-0.3, -0.25) is 0 Å². The molecule has 152 valence electrons. The van der Waals surface area contributed by atoms with Crippen molar-refractivity contribution in [2.24, 2.45) is 4.99 Å². The van der Waals surface area contributed by atoms with Gasteiger partial charge in [-0.25, -0.2) is 9.38 Å². The lowest BCUT2D eigenvalue weighted by atomic mass is 10.1. The van der Waals surface area contributed by atoms with E-state index in [9.17, 15) is 4.39 Å². The highest BCUT2D eigenvalue weighted by Gasteiger charge is 2.02. The Morgan fingerprint density at radius 1 is 0.931 bits per heavy atom. The Balaban J connectivity index is 1.55. The monoisotopic (exact) mass is 395 g/mol. The molecule has 0 unspecified atom stereocenters. The average molecular weight is 395 g/mol. The molecule has 5 nitrogen and oxygen atoms in total. The fraction of sp³-hybridized carbons (Fsp3) is 0.261. The third-order valence-electron chi connectivity index (χ3n) is 4.44. The van der Waals surface area contributed by atoms with Crippen LogP contribution in [-0.2, 0) is 19.4 Å². The number of halogens is 1. The lowest BCUT2D eigenvalue weighted by Gasteiger charge is -2.12. The summed E-state index contributed by atoms with van der Waals surface area (Å²) >= 11 is 0. The molecule has 0 aliphatic carbocycles. The summed E-state index contributed by atoms with van der Waals surface area (Å²) in [5, 5.41) is 6.69. The van der Waals surface area contributed by atoms with Gasteiger partial charge >= 0.3 is 0 Å². The number of methoxy groups -OCH3 is 1. The number of nitrogens with zero attached hydrogens (tertiary/aromatic N) is 1. The normalized spacial score (nSPS) is 11.3. The second-order valence-corrected chi connectivity index (χ2v) is 6.57. The number of hydrogen-bond donors (Lipinski definition) is 2. The van der Waals surface area contributed by atoms with Crippen LogP contribution in [0.2, 0.25) is 0 Å². The Morgan fingerprint density at radius 3 is 2.28 bits per heavy atom. The standard InChI is InChI=1S/C23H26FN3O2/c1-28-21-10-6-19(7-11-21)17-27-23(26-15-13-22-3-2-16-29-22)25-14-12-18-4-8-20(24)9-5-18/h2-11,16H,12-15,17H2,1H3,(H2,25,26,27). The smallest absolute Gasteiger partial charge is 0.191 e. The van der Waals surface area contributed by atoms with Crippen molar-refractivity contribution in [1.29, 1.82) is 0 Å². The summed E-state index contributed by atoms with van der Waals surface area (Å²) in [6, 6.07) is 18.3. The van der Waals surface area contributed by atoms with Crippen LogP contribution in [0.1, 0.15) is 16.9 Å². The van der Waals surface area contributed by atoms with E-state index in [1.165, 1.54) is 12.1 Å². The van der Waals surface area contributed by atoms with Gasteiger partial charge in [0.2, 0.25) is 0 Å². The van der Waals surface area contributed by atoms with Crippen molar-refractivity contribution in [3.8, 4) is 5.75 Å². The molecule has 0 spiro atoms. The molecule has 6 heteroatoms. The van der Waals surface area contributed by atoms with Gasteiger partial charge in [0, 0.05) is 19.5 Å². The van der Waals surface area contributed by atoms with Gasteiger partial charge in [0.1, 0.15) is 17.3 Å². The lowest BCUT2D eigenvalue weighted by molar-refractivity contribution is 0.414. The number of benzene rings is 2. The molecule has 0 saturated carbocycles. The molecular weight excluding hydrogens is 369 g/mol. The molecule has 1 heterocycles. The van der Waals surface area contributed by atoms with E-state index >= 15 is 0 Å². The van der Waals surface area contributed by atoms with Gasteiger partial charge in [-0.2, -0.15) is 0 Å². The first-order valence-corrected chi connectivity index (χ1v) is 9.65. The van der Waals surface area contributed by atoms with E-state index in [0.29, 0.717) is 19.6 Å². The fourth-order valence-electron chi connectivity index (χ4n) is 2.81. The van der Waals surface area contributed by atoms with Crippen molar-refractivity contribution in [1.82, 2.24) is 10.6 Å². The van der Waals surface area contributed by atoms with Crippen molar-refractivity contribution in [2.75, 3.05) is 20.2 Å². The molecule has 29 heavy (non-hydrogen) atoms. The Kier molecular flexibility index (Phi) is 7.69. The predicted molar refractivity (Wildman–Crippen MR) is 113 cm³/mol. The average Bonchev–Trinajstić information content (AvgIpc) is 3.27. The number of aliphatic imine (C=N–C) groups is 1. The quantitative estimate of drug-likeness (QED) is 0.426. The minimum Gasteiger partial charge on any atom is -0.497 e. The second-order valence-electron chi connectivity index (χ2n) is 6.57. The van der Waals surface area contributed by atoms with Crippen LogP contribution in [0.4, 0.5) is 4.39 Å². The Bertz CT molecular complexity index is 876. The number of rotatable bonds is 9. The molecule has 3 rings (SSSR count). The third kappa shape index (κ3) is 6.99. The minimum absolute atomic E-state index is 0.219. The van der Waals surface area contributed by atoms with Crippen LogP contribution in [0.5, 0.6) is 5.75 Å². The van der Waals surface area contributed by atoms with Crippen molar-refractivity contribution in [3.63, 3.8) is 0 Å². The molecule has 0 amide bonds. The van der Waals surface area contributed by atoms with E-state index in [0.717, 1.165) is 41.4 Å². The number of hydrogen-bond acceptors (Lipinski definition) is 3. The van der Waals surface area contributed by atoms with Gasteiger partial charge in [-0.1, -0.05) is 24.3 Å². The van der Waals surface area contributed by atoms with Crippen molar-refractivity contribution < 1.29 is 13.5 Å². The molecule has 0 aliphatic heterocycles.